The van der Waals surface area contributed by atoms with E-state index in [2.05, 4.69) is 51.5 Å². The van der Waals surface area contributed by atoms with Gasteiger partial charge in [-0.25, -0.2) is 0 Å². The van der Waals surface area contributed by atoms with E-state index >= 15 is 0 Å². The molecule has 1 aliphatic rings. The average Bonchev–Trinajstić information content (AvgIpc) is 2.50. The van der Waals surface area contributed by atoms with Crippen LogP contribution in [0, 0.1) is 0 Å². The van der Waals surface area contributed by atoms with Crippen molar-refractivity contribution in [2.75, 3.05) is 20.2 Å². The minimum atomic E-state index is -0.191. The molecule has 1 aromatic carbocycles. The van der Waals surface area contributed by atoms with E-state index in [0.717, 1.165) is 18.8 Å². The summed E-state index contributed by atoms with van der Waals surface area (Å²) in [5.41, 5.74) is 2.35. The van der Waals surface area contributed by atoms with Gasteiger partial charge in [0.1, 0.15) is 0 Å². The Morgan fingerprint density at radius 3 is 2.59 bits per heavy atom. The van der Waals surface area contributed by atoms with Crippen molar-refractivity contribution in [3.05, 3.63) is 59.9 Å². The number of methoxy groups -OCH3 is 1. The lowest BCUT2D eigenvalue weighted by molar-refractivity contribution is -0.140. The second-order valence-corrected chi connectivity index (χ2v) is 4.64. The summed E-state index contributed by atoms with van der Waals surface area (Å²) in [4.78, 5) is 13.2. The molecule has 1 aliphatic heterocycles. The molecular formula is C16H22Cl2N2O2. The molecule has 0 saturated carbocycles. The van der Waals surface area contributed by atoms with Gasteiger partial charge < -0.3 is 15.0 Å². The molecule has 22 heavy (non-hydrogen) atoms. The summed E-state index contributed by atoms with van der Waals surface area (Å²) in [6, 6.07) is 10.4. The minimum absolute atomic E-state index is 0. The molecule has 0 spiro atoms. The minimum Gasteiger partial charge on any atom is -0.469 e. The molecule has 0 amide bonds. The maximum absolute atomic E-state index is 11.0. The molecular weight excluding hydrogens is 323 g/mol. The number of halogens is 2. The average molecular weight is 345 g/mol. The van der Waals surface area contributed by atoms with Crippen LogP contribution in [-0.2, 0) is 16.1 Å². The molecule has 122 valence electrons. The van der Waals surface area contributed by atoms with Crippen molar-refractivity contribution in [2.24, 2.45) is 0 Å². The smallest absolute Gasteiger partial charge is 0.307 e. The van der Waals surface area contributed by atoms with Crippen molar-refractivity contribution in [2.45, 2.75) is 13.0 Å². The molecule has 4 nitrogen and oxygen atoms in total. The van der Waals surface area contributed by atoms with Gasteiger partial charge in [0.2, 0.25) is 0 Å². The Morgan fingerprint density at radius 1 is 1.27 bits per heavy atom. The topological polar surface area (TPSA) is 41.6 Å². The number of hydrogen-bond donors (Lipinski definition) is 1. The van der Waals surface area contributed by atoms with Gasteiger partial charge in [-0.05, 0) is 17.7 Å². The summed E-state index contributed by atoms with van der Waals surface area (Å²) in [6.45, 7) is 2.37. The summed E-state index contributed by atoms with van der Waals surface area (Å²) < 4.78 is 4.60. The van der Waals surface area contributed by atoms with Gasteiger partial charge in [-0.2, -0.15) is 0 Å². The number of rotatable bonds is 6. The van der Waals surface area contributed by atoms with Crippen molar-refractivity contribution in [1.82, 2.24) is 10.2 Å². The van der Waals surface area contributed by atoms with Gasteiger partial charge in [0.05, 0.1) is 13.5 Å². The van der Waals surface area contributed by atoms with Gasteiger partial charge in [-0.15, -0.1) is 24.8 Å². The number of benzene rings is 1. The first-order valence-electron chi connectivity index (χ1n) is 6.75. The van der Waals surface area contributed by atoms with Crippen molar-refractivity contribution >= 4 is 30.8 Å². The number of allylic oxidation sites excluding steroid dienone is 1. The molecule has 2 rings (SSSR count). The lowest BCUT2D eigenvalue weighted by Crippen LogP contribution is -2.24. The van der Waals surface area contributed by atoms with Crippen LogP contribution >= 0.6 is 24.8 Å². The SMILES string of the molecule is COC(=O)CCNC1=CCN(Cc2ccccc2)C=C1.Cl.Cl. The third kappa shape index (κ3) is 6.87. The summed E-state index contributed by atoms with van der Waals surface area (Å²) >= 11 is 0. The first-order valence-corrected chi connectivity index (χ1v) is 6.75. The van der Waals surface area contributed by atoms with E-state index in [1.54, 1.807) is 0 Å². The predicted octanol–water partition coefficient (Wildman–Crippen LogP) is 2.90. The van der Waals surface area contributed by atoms with Crippen LogP contribution in [0.25, 0.3) is 0 Å². The van der Waals surface area contributed by atoms with Crippen LogP contribution in [0.4, 0.5) is 0 Å². The van der Waals surface area contributed by atoms with E-state index in [1.165, 1.54) is 12.7 Å². The van der Waals surface area contributed by atoms with Gasteiger partial charge in [0.25, 0.3) is 0 Å². The van der Waals surface area contributed by atoms with Gasteiger partial charge >= 0.3 is 5.97 Å². The molecule has 0 fully saturated rings. The molecule has 0 bridgehead atoms. The summed E-state index contributed by atoms with van der Waals surface area (Å²) in [5.74, 6) is -0.191. The zero-order chi connectivity index (χ0) is 14.2. The molecule has 0 aromatic heterocycles. The van der Waals surface area contributed by atoms with Crippen molar-refractivity contribution in [1.29, 1.82) is 0 Å². The Bertz CT molecular complexity index is 504. The zero-order valence-corrected chi connectivity index (χ0v) is 14.2. The molecule has 6 heteroatoms. The predicted molar refractivity (Wildman–Crippen MR) is 93.2 cm³/mol. The highest BCUT2D eigenvalue weighted by molar-refractivity contribution is 5.85. The molecule has 1 aromatic rings. The monoisotopic (exact) mass is 344 g/mol. The van der Waals surface area contributed by atoms with Crippen molar-refractivity contribution in [3.8, 4) is 0 Å². The highest BCUT2D eigenvalue weighted by atomic mass is 35.5. The fourth-order valence-electron chi connectivity index (χ4n) is 2.01. The number of carbonyl (C=O) groups is 1. The second kappa shape index (κ2) is 11.0. The lowest BCUT2D eigenvalue weighted by Gasteiger charge is -2.23. The Balaban J connectivity index is 0.00000220. The third-order valence-electron chi connectivity index (χ3n) is 3.13. The van der Waals surface area contributed by atoms with Gasteiger partial charge in [0, 0.05) is 31.5 Å². The normalized spacial score (nSPS) is 12.6. The molecule has 0 atom stereocenters. The van der Waals surface area contributed by atoms with Crippen LogP contribution < -0.4 is 5.32 Å². The van der Waals surface area contributed by atoms with Crippen molar-refractivity contribution < 1.29 is 9.53 Å². The number of esters is 1. The summed E-state index contributed by atoms with van der Waals surface area (Å²) in [6.07, 6.45) is 6.62. The maximum atomic E-state index is 11.0. The molecule has 1 heterocycles. The van der Waals surface area contributed by atoms with Crippen LogP contribution in [-0.4, -0.2) is 31.1 Å². The maximum Gasteiger partial charge on any atom is 0.307 e. The summed E-state index contributed by atoms with van der Waals surface area (Å²) in [7, 11) is 1.41. The molecule has 0 saturated heterocycles. The first-order chi connectivity index (χ1) is 9.78. The van der Waals surface area contributed by atoms with Crippen LogP contribution in [0.1, 0.15) is 12.0 Å². The number of hydrogen-bond acceptors (Lipinski definition) is 4. The quantitative estimate of drug-likeness (QED) is 0.805. The molecule has 0 radical (unpaired) electrons. The number of nitrogens with zero attached hydrogens (tertiary/aromatic N) is 1. The fraction of sp³-hybridized carbons (Fsp3) is 0.312. The van der Waals surface area contributed by atoms with E-state index in [4.69, 9.17) is 0 Å². The highest BCUT2D eigenvalue weighted by Gasteiger charge is 2.06. The second-order valence-electron chi connectivity index (χ2n) is 4.64. The van der Waals surface area contributed by atoms with E-state index in [9.17, 15) is 4.79 Å². The number of nitrogens with one attached hydrogen (secondary N) is 1. The lowest BCUT2D eigenvalue weighted by atomic mass is 10.2. The number of ether oxygens (including phenoxy) is 1. The van der Waals surface area contributed by atoms with Crippen LogP contribution in [0.15, 0.2) is 54.4 Å². The van der Waals surface area contributed by atoms with Crippen molar-refractivity contribution in [3.63, 3.8) is 0 Å². The zero-order valence-electron chi connectivity index (χ0n) is 12.5. The Kier molecular flexibility index (Phi) is 10.2. The fourth-order valence-corrected chi connectivity index (χ4v) is 2.01. The Morgan fingerprint density at radius 2 is 2.00 bits per heavy atom. The van der Waals surface area contributed by atoms with E-state index < -0.39 is 0 Å². The molecule has 0 unspecified atom stereocenters. The van der Waals surface area contributed by atoms with E-state index in [-0.39, 0.29) is 30.8 Å². The molecule has 0 aliphatic carbocycles. The largest absolute Gasteiger partial charge is 0.469 e. The highest BCUT2D eigenvalue weighted by Crippen LogP contribution is 2.10. The van der Waals surface area contributed by atoms with E-state index in [1.807, 2.05) is 12.1 Å². The third-order valence-corrected chi connectivity index (χ3v) is 3.13. The summed E-state index contributed by atoms with van der Waals surface area (Å²) in [5, 5.41) is 3.22. The van der Waals surface area contributed by atoms with E-state index in [0.29, 0.717) is 13.0 Å². The molecule has 1 N–H and O–H groups in total. The Hall–Kier alpha value is -1.65. The van der Waals surface area contributed by atoms with Gasteiger partial charge in [-0.3, -0.25) is 4.79 Å². The Labute approximate surface area is 144 Å². The van der Waals surface area contributed by atoms with Gasteiger partial charge in [-0.1, -0.05) is 30.3 Å². The number of carbonyl (C=O) groups excluding carboxylic acids is 1. The standard InChI is InChI=1S/C16H20N2O2.2ClH/c1-20-16(19)7-10-17-15-8-11-18(12-9-15)13-14-5-3-2-4-6-14;;/h2-6,8-9,11,17H,7,10,12-13H2,1H3;2*1H. The van der Waals surface area contributed by atoms with Crippen LogP contribution in [0.5, 0.6) is 0 Å². The van der Waals surface area contributed by atoms with Crippen LogP contribution in [0.2, 0.25) is 0 Å². The first kappa shape index (κ1) is 20.3. The van der Waals surface area contributed by atoms with Gasteiger partial charge in [0.15, 0.2) is 0 Å². The van der Waals surface area contributed by atoms with Crippen LogP contribution in [0.3, 0.4) is 0 Å².